The molecule has 134 valence electrons. The van der Waals surface area contributed by atoms with Crippen LogP contribution in [0.5, 0.6) is 0 Å². The van der Waals surface area contributed by atoms with Crippen molar-refractivity contribution < 1.29 is 9.53 Å². The average molecular weight is 325 g/mol. The van der Waals surface area contributed by atoms with Crippen molar-refractivity contribution in [1.29, 1.82) is 0 Å². The first kappa shape index (κ1) is 19.8. The predicted octanol–water partition coefficient (Wildman–Crippen LogP) is 3.39. The molecular formula is C18H35N3O2. The maximum Gasteiger partial charge on any atom is 0.306 e. The fourth-order valence-corrected chi connectivity index (χ4v) is 2.81. The van der Waals surface area contributed by atoms with Crippen LogP contribution in [0.4, 0.5) is 0 Å². The first-order valence-corrected chi connectivity index (χ1v) is 9.10. The molecular weight excluding hydrogens is 290 g/mol. The van der Waals surface area contributed by atoms with Gasteiger partial charge in [0.25, 0.3) is 0 Å². The highest BCUT2D eigenvalue weighted by Gasteiger charge is 2.16. The van der Waals surface area contributed by atoms with E-state index in [-0.39, 0.29) is 11.6 Å². The smallest absolute Gasteiger partial charge is 0.306 e. The van der Waals surface area contributed by atoms with Crippen LogP contribution < -0.4 is 10.6 Å². The Hall–Kier alpha value is -1.26. The third-order valence-electron chi connectivity index (χ3n) is 3.94. The number of nitrogens with one attached hydrogen (secondary N) is 2. The second kappa shape index (κ2) is 10.5. The normalized spacial score (nSPS) is 16.4. The van der Waals surface area contributed by atoms with Gasteiger partial charge in [0.15, 0.2) is 5.96 Å². The molecule has 0 aromatic carbocycles. The largest absolute Gasteiger partial charge is 0.460 e. The SMILES string of the molecule is CN=C(NCCCCCCC(=O)OC(C)(C)C)NC1CCCC1. The Morgan fingerprint density at radius 2 is 1.78 bits per heavy atom. The molecule has 2 N–H and O–H groups in total. The second-order valence-electron chi connectivity index (χ2n) is 7.38. The molecule has 0 aromatic rings. The van der Waals surface area contributed by atoms with Gasteiger partial charge in [-0.15, -0.1) is 0 Å². The van der Waals surface area contributed by atoms with Crippen LogP contribution in [0.1, 0.15) is 78.6 Å². The maximum absolute atomic E-state index is 11.6. The number of carbonyl (C=O) groups excluding carboxylic acids is 1. The van der Waals surface area contributed by atoms with E-state index in [4.69, 9.17) is 4.74 Å². The van der Waals surface area contributed by atoms with Gasteiger partial charge >= 0.3 is 5.97 Å². The van der Waals surface area contributed by atoms with Crippen LogP contribution in [-0.2, 0) is 9.53 Å². The standard InChI is InChI=1S/C18H35N3O2/c1-18(2,3)23-16(22)13-7-5-6-10-14-20-17(19-4)21-15-11-8-9-12-15/h15H,5-14H2,1-4H3,(H2,19,20,21). The summed E-state index contributed by atoms with van der Waals surface area (Å²) in [5.74, 6) is 0.836. The molecule has 0 spiro atoms. The van der Waals surface area contributed by atoms with Crippen molar-refractivity contribution in [3.05, 3.63) is 0 Å². The zero-order chi connectivity index (χ0) is 17.1. The fourth-order valence-electron chi connectivity index (χ4n) is 2.81. The molecule has 1 aliphatic carbocycles. The topological polar surface area (TPSA) is 62.7 Å². The summed E-state index contributed by atoms with van der Waals surface area (Å²) in [5.41, 5.74) is -0.372. The quantitative estimate of drug-likeness (QED) is 0.311. The van der Waals surface area contributed by atoms with Gasteiger partial charge in [0.05, 0.1) is 0 Å². The molecule has 23 heavy (non-hydrogen) atoms. The van der Waals surface area contributed by atoms with E-state index < -0.39 is 0 Å². The number of rotatable bonds is 8. The fraction of sp³-hybridized carbons (Fsp3) is 0.889. The van der Waals surface area contributed by atoms with Gasteiger partial charge in [0.1, 0.15) is 5.60 Å². The van der Waals surface area contributed by atoms with Crippen LogP contribution in [0.3, 0.4) is 0 Å². The summed E-state index contributed by atoms with van der Waals surface area (Å²) in [4.78, 5) is 15.9. The molecule has 0 amide bonds. The summed E-state index contributed by atoms with van der Waals surface area (Å²) >= 11 is 0. The zero-order valence-electron chi connectivity index (χ0n) is 15.4. The van der Waals surface area contributed by atoms with Crippen LogP contribution in [0, 0.1) is 0 Å². The number of nitrogens with zero attached hydrogens (tertiary/aromatic N) is 1. The van der Waals surface area contributed by atoms with Crippen LogP contribution >= 0.6 is 0 Å². The number of hydrogen-bond donors (Lipinski definition) is 2. The Morgan fingerprint density at radius 1 is 1.13 bits per heavy atom. The Kier molecular flexibility index (Phi) is 9.03. The van der Waals surface area contributed by atoms with Gasteiger partial charge in [-0.3, -0.25) is 9.79 Å². The first-order valence-electron chi connectivity index (χ1n) is 9.10. The highest BCUT2D eigenvalue weighted by Crippen LogP contribution is 2.17. The number of hydrogen-bond acceptors (Lipinski definition) is 3. The van der Waals surface area contributed by atoms with Crippen molar-refractivity contribution in [3.63, 3.8) is 0 Å². The Morgan fingerprint density at radius 3 is 2.39 bits per heavy atom. The van der Waals surface area contributed by atoms with E-state index >= 15 is 0 Å². The zero-order valence-corrected chi connectivity index (χ0v) is 15.4. The van der Waals surface area contributed by atoms with Crippen molar-refractivity contribution in [2.45, 2.75) is 90.2 Å². The van der Waals surface area contributed by atoms with E-state index in [1.54, 1.807) is 0 Å². The van der Waals surface area contributed by atoms with Crippen molar-refractivity contribution >= 4 is 11.9 Å². The molecule has 0 aliphatic heterocycles. The first-order chi connectivity index (χ1) is 10.9. The van der Waals surface area contributed by atoms with Crippen molar-refractivity contribution in [3.8, 4) is 0 Å². The van der Waals surface area contributed by atoms with Gasteiger partial charge in [-0.05, 0) is 46.5 Å². The maximum atomic E-state index is 11.6. The van der Waals surface area contributed by atoms with Gasteiger partial charge in [0, 0.05) is 26.1 Å². The Bertz CT molecular complexity index is 369. The molecule has 0 aromatic heterocycles. The number of guanidine groups is 1. The van der Waals surface area contributed by atoms with Crippen molar-refractivity contribution in [2.75, 3.05) is 13.6 Å². The third kappa shape index (κ3) is 10.2. The number of esters is 1. The van der Waals surface area contributed by atoms with Gasteiger partial charge in [-0.1, -0.05) is 25.7 Å². The highest BCUT2D eigenvalue weighted by molar-refractivity contribution is 5.79. The van der Waals surface area contributed by atoms with Crippen LogP contribution in [0.2, 0.25) is 0 Å². The molecule has 1 rings (SSSR count). The lowest BCUT2D eigenvalue weighted by atomic mass is 10.1. The molecule has 5 nitrogen and oxygen atoms in total. The van der Waals surface area contributed by atoms with Gasteiger partial charge in [-0.2, -0.15) is 0 Å². The van der Waals surface area contributed by atoms with Crippen LogP contribution in [0.25, 0.3) is 0 Å². The minimum atomic E-state index is -0.372. The molecule has 1 saturated carbocycles. The third-order valence-corrected chi connectivity index (χ3v) is 3.94. The minimum Gasteiger partial charge on any atom is -0.460 e. The van der Waals surface area contributed by atoms with Gasteiger partial charge < -0.3 is 15.4 Å². The summed E-state index contributed by atoms with van der Waals surface area (Å²) in [5, 5.41) is 6.86. The molecule has 1 aliphatic rings. The summed E-state index contributed by atoms with van der Waals surface area (Å²) < 4.78 is 5.30. The molecule has 0 heterocycles. The van der Waals surface area contributed by atoms with E-state index in [9.17, 15) is 4.79 Å². The highest BCUT2D eigenvalue weighted by atomic mass is 16.6. The van der Waals surface area contributed by atoms with E-state index in [0.29, 0.717) is 12.5 Å². The Labute approximate surface area is 141 Å². The molecule has 0 radical (unpaired) electrons. The lowest BCUT2D eigenvalue weighted by Gasteiger charge is -2.19. The van der Waals surface area contributed by atoms with E-state index in [2.05, 4.69) is 15.6 Å². The molecule has 0 saturated heterocycles. The summed E-state index contributed by atoms with van der Waals surface area (Å²) in [6.07, 6.45) is 9.88. The predicted molar refractivity (Wildman–Crippen MR) is 95.7 cm³/mol. The molecule has 0 atom stereocenters. The van der Waals surface area contributed by atoms with Crippen LogP contribution in [0.15, 0.2) is 4.99 Å². The second-order valence-corrected chi connectivity index (χ2v) is 7.38. The monoisotopic (exact) mass is 325 g/mol. The summed E-state index contributed by atoms with van der Waals surface area (Å²) in [7, 11) is 1.82. The number of unbranched alkanes of at least 4 members (excludes halogenated alkanes) is 3. The van der Waals surface area contributed by atoms with E-state index in [0.717, 1.165) is 38.2 Å². The van der Waals surface area contributed by atoms with E-state index in [1.165, 1.54) is 25.7 Å². The summed E-state index contributed by atoms with van der Waals surface area (Å²) in [6, 6.07) is 0.593. The number of aliphatic imine (C=N–C) groups is 1. The molecule has 0 bridgehead atoms. The lowest BCUT2D eigenvalue weighted by molar-refractivity contribution is -0.154. The van der Waals surface area contributed by atoms with E-state index in [1.807, 2.05) is 27.8 Å². The number of ether oxygens (including phenoxy) is 1. The van der Waals surface area contributed by atoms with Gasteiger partial charge in [-0.25, -0.2) is 0 Å². The molecule has 0 unspecified atom stereocenters. The molecule has 5 heteroatoms. The minimum absolute atomic E-state index is 0.0863. The number of carbonyl (C=O) groups is 1. The van der Waals surface area contributed by atoms with Gasteiger partial charge in [0.2, 0.25) is 0 Å². The van der Waals surface area contributed by atoms with Crippen LogP contribution in [-0.4, -0.2) is 37.2 Å². The summed E-state index contributed by atoms with van der Waals surface area (Å²) in [6.45, 7) is 6.65. The average Bonchev–Trinajstić information content (AvgIpc) is 2.96. The lowest BCUT2D eigenvalue weighted by Crippen LogP contribution is -2.42. The Balaban J connectivity index is 1.99. The van der Waals surface area contributed by atoms with Crippen molar-refractivity contribution in [1.82, 2.24) is 10.6 Å². The van der Waals surface area contributed by atoms with Crippen molar-refractivity contribution in [2.24, 2.45) is 4.99 Å². The molecule has 1 fully saturated rings.